The molecule has 20 nitrogen and oxygen atoms in total. The van der Waals surface area contributed by atoms with Crippen molar-refractivity contribution in [3.05, 3.63) is 120 Å². The van der Waals surface area contributed by atoms with Gasteiger partial charge in [0.05, 0.1) is 52.5 Å². The van der Waals surface area contributed by atoms with Gasteiger partial charge in [-0.1, -0.05) is 12.1 Å². The van der Waals surface area contributed by atoms with Crippen molar-refractivity contribution in [3.8, 4) is 57.7 Å². The van der Waals surface area contributed by atoms with Gasteiger partial charge in [-0.05, 0) is 99.2 Å². The van der Waals surface area contributed by atoms with Crippen LogP contribution in [-0.2, 0) is 32.8 Å². The number of benzene rings is 2. The molecule has 8 aromatic rings. The Morgan fingerprint density at radius 1 is 0.543 bits per heavy atom. The van der Waals surface area contributed by atoms with Crippen molar-refractivity contribution in [2.45, 2.75) is 74.2 Å². The van der Waals surface area contributed by atoms with E-state index in [0.29, 0.717) is 46.3 Å². The van der Waals surface area contributed by atoms with Gasteiger partial charge in [0.2, 0.25) is 11.8 Å². The molecule has 364 valence electrons. The van der Waals surface area contributed by atoms with E-state index in [0.717, 1.165) is 84.3 Å². The van der Waals surface area contributed by atoms with E-state index in [9.17, 15) is 16.8 Å². The maximum atomic E-state index is 12.3. The van der Waals surface area contributed by atoms with E-state index in [-0.39, 0.29) is 21.6 Å². The fourth-order valence-corrected chi connectivity index (χ4v) is 10.6. The quantitative estimate of drug-likeness (QED) is 0.130. The minimum atomic E-state index is -3.45. The Morgan fingerprint density at radius 3 is 1.30 bits per heavy atom. The van der Waals surface area contributed by atoms with Crippen LogP contribution >= 0.6 is 0 Å². The van der Waals surface area contributed by atoms with Crippen LogP contribution in [-0.4, -0.2) is 116 Å². The molecule has 0 N–H and O–H groups in total. The lowest BCUT2D eigenvalue weighted by Gasteiger charge is -2.23. The zero-order valence-electron chi connectivity index (χ0n) is 39.9. The summed E-state index contributed by atoms with van der Waals surface area (Å²) in [5.74, 6) is 3.92. The number of hydrogen-bond donors (Lipinski definition) is 0. The highest BCUT2D eigenvalue weighted by atomic mass is 32.2. The molecule has 0 bridgehead atoms. The number of methoxy groups -OCH3 is 4. The number of aromatic nitrogens is 12. The normalized spacial score (nSPS) is 15.6. The van der Waals surface area contributed by atoms with Crippen LogP contribution in [0.1, 0.15) is 71.7 Å². The fourth-order valence-electron chi connectivity index (χ4n) is 8.86. The molecular weight excluding hydrogens is 937 g/mol. The first-order valence-electron chi connectivity index (χ1n) is 22.3. The fraction of sp³-hybridized carbons (Fsp3) is 0.333. The Balaban J connectivity index is 0.000000174. The molecule has 2 aliphatic rings. The number of pyridine rings is 2. The van der Waals surface area contributed by atoms with Gasteiger partial charge in [-0.15, -0.1) is 10.2 Å². The van der Waals surface area contributed by atoms with Crippen molar-refractivity contribution < 1.29 is 35.8 Å². The van der Waals surface area contributed by atoms with Crippen LogP contribution in [0.5, 0.6) is 23.3 Å². The maximum absolute atomic E-state index is 12.3. The number of sulfone groups is 2. The molecule has 0 radical (unpaired) electrons. The van der Waals surface area contributed by atoms with Crippen molar-refractivity contribution in [1.82, 2.24) is 58.6 Å². The van der Waals surface area contributed by atoms with Crippen molar-refractivity contribution >= 4 is 19.7 Å². The highest BCUT2D eigenvalue weighted by Crippen LogP contribution is 2.39. The summed E-state index contributed by atoms with van der Waals surface area (Å²) in [5.41, 5.74) is 6.23. The van der Waals surface area contributed by atoms with Gasteiger partial charge in [0.25, 0.3) is 0 Å². The molecule has 0 amide bonds. The van der Waals surface area contributed by atoms with E-state index in [1.807, 2.05) is 81.1 Å². The summed E-state index contributed by atoms with van der Waals surface area (Å²) >= 11 is 0. The summed E-state index contributed by atoms with van der Waals surface area (Å²) in [4.78, 5) is 27.8. The van der Waals surface area contributed by atoms with Crippen molar-refractivity contribution in [2.24, 2.45) is 0 Å². The molecule has 8 heterocycles. The summed E-state index contributed by atoms with van der Waals surface area (Å²) in [7, 11) is -0.828. The molecule has 0 saturated heterocycles. The number of hydrogen-bond acceptors (Lipinski definition) is 16. The third-order valence-electron chi connectivity index (χ3n) is 12.2. The Bertz CT molecular complexity index is 3240. The summed E-state index contributed by atoms with van der Waals surface area (Å²) in [6.45, 7) is 5.31. The average molecular weight is 989 g/mol. The van der Waals surface area contributed by atoms with Gasteiger partial charge >= 0.3 is 0 Å². The zero-order chi connectivity index (χ0) is 49.5. The van der Waals surface area contributed by atoms with Crippen LogP contribution in [0.2, 0.25) is 0 Å². The number of aryl methyl sites for hydroxylation is 4. The van der Waals surface area contributed by atoms with Gasteiger partial charge < -0.3 is 28.1 Å². The second-order valence-electron chi connectivity index (χ2n) is 17.1. The predicted octanol–water partition coefficient (Wildman–Crippen LogP) is 6.36. The van der Waals surface area contributed by atoms with Crippen LogP contribution in [0.25, 0.3) is 34.4 Å². The molecule has 10 rings (SSSR count). The van der Waals surface area contributed by atoms with Crippen LogP contribution in [0.15, 0.2) is 95.5 Å². The van der Waals surface area contributed by atoms with Crippen molar-refractivity contribution in [2.75, 3.05) is 41.0 Å². The van der Waals surface area contributed by atoms with Gasteiger partial charge in [0.15, 0.2) is 31.3 Å². The largest absolute Gasteiger partial charge is 0.495 e. The summed E-state index contributed by atoms with van der Waals surface area (Å²) in [5, 5.41) is 9.42. The van der Waals surface area contributed by atoms with Crippen molar-refractivity contribution in [3.63, 3.8) is 0 Å². The number of nitrogens with zero attached hydrogens (tertiary/aromatic N) is 12. The van der Waals surface area contributed by atoms with Crippen LogP contribution in [0.4, 0.5) is 0 Å². The number of fused-ring (bicyclic) bond motifs is 2. The van der Waals surface area contributed by atoms with E-state index in [1.54, 1.807) is 51.1 Å². The van der Waals surface area contributed by atoms with Gasteiger partial charge in [-0.3, -0.25) is 0 Å². The minimum absolute atomic E-state index is 0.0912. The monoisotopic (exact) mass is 988 g/mol. The lowest BCUT2D eigenvalue weighted by molar-refractivity contribution is 0.396. The van der Waals surface area contributed by atoms with E-state index in [4.69, 9.17) is 39.1 Å². The molecule has 6 aromatic heterocycles. The summed E-state index contributed by atoms with van der Waals surface area (Å²) < 4.78 is 78.4. The summed E-state index contributed by atoms with van der Waals surface area (Å²) in [6.07, 6.45) is 13.1. The maximum Gasteiger partial charge on any atom is 0.238 e. The van der Waals surface area contributed by atoms with Crippen LogP contribution in [0, 0.1) is 13.8 Å². The molecule has 2 atom stereocenters. The Kier molecular flexibility index (Phi) is 13.0. The minimum Gasteiger partial charge on any atom is -0.495 e. The molecular formula is C48H52N12O8S2. The number of imidazole rings is 2. The zero-order valence-corrected chi connectivity index (χ0v) is 41.6. The first-order chi connectivity index (χ1) is 33.6. The first kappa shape index (κ1) is 47.6. The summed E-state index contributed by atoms with van der Waals surface area (Å²) in [6, 6.07) is 18.1. The highest BCUT2D eigenvalue weighted by Gasteiger charge is 2.31. The highest BCUT2D eigenvalue weighted by molar-refractivity contribution is 7.91. The standard InChI is InChI=1S/2C24H26N6O4S/c2*1-15-13-29(14-25-15)19-9-8-18(26-24(19)34-3)22-27-23-17(6-5-11-30(23)28-22)16-7-10-20(33-2)21(12-16)35(4,31)32/h2*7-10,12-14,17H,5-6,11H2,1-4H3/t2*17-/m10/s1. The Morgan fingerprint density at radius 2 is 0.957 bits per heavy atom. The molecule has 0 saturated carbocycles. The van der Waals surface area contributed by atoms with E-state index in [2.05, 4.69) is 19.9 Å². The Hall–Kier alpha value is -7.46. The molecule has 70 heavy (non-hydrogen) atoms. The first-order valence-corrected chi connectivity index (χ1v) is 26.1. The third kappa shape index (κ3) is 9.47. The lowest BCUT2D eigenvalue weighted by Crippen LogP contribution is -2.18. The second-order valence-corrected chi connectivity index (χ2v) is 21.1. The molecule has 2 aromatic carbocycles. The van der Waals surface area contributed by atoms with Crippen LogP contribution in [0.3, 0.4) is 0 Å². The van der Waals surface area contributed by atoms with Gasteiger partial charge in [0.1, 0.15) is 55.7 Å². The van der Waals surface area contributed by atoms with Gasteiger partial charge in [-0.25, -0.2) is 56.1 Å². The predicted molar refractivity (Wildman–Crippen MR) is 258 cm³/mol. The van der Waals surface area contributed by atoms with Crippen molar-refractivity contribution in [1.29, 1.82) is 0 Å². The topological polar surface area (TPSA) is 228 Å². The van der Waals surface area contributed by atoms with Crippen LogP contribution < -0.4 is 18.9 Å². The van der Waals surface area contributed by atoms with Gasteiger partial charge in [0, 0.05) is 49.8 Å². The van der Waals surface area contributed by atoms with E-state index >= 15 is 0 Å². The number of ether oxygens (including phenoxy) is 4. The third-order valence-corrected chi connectivity index (χ3v) is 14.5. The lowest BCUT2D eigenvalue weighted by atomic mass is 9.91. The van der Waals surface area contributed by atoms with E-state index < -0.39 is 19.7 Å². The molecule has 22 heteroatoms. The SMILES string of the molecule is COc1ccc([C@@H]2CCCn3nc(-c4ccc(-n5cnc(C)c5)c(OC)n4)nc32)cc1S(C)(=O)=O.COc1ccc([C@H]2CCCn3nc(-c4ccc(-n5cnc(C)c5)c(OC)n4)nc32)cc1S(C)(=O)=O. The second kappa shape index (κ2) is 19.1. The van der Waals surface area contributed by atoms with E-state index in [1.165, 1.54) is 26.7 Å². The molecule has 0 fully saturated rings. The smallest absolute Gasteiger partial charge is 0.238 e. The number of rotatable bonds is 12. The molecule has 2 aliphatic heterocycles. The molecule has 0 spiro atoms. The molecule has 0 unspecified atom stereocenters. The Labute approximate surface area is 405 Å². The average Bonchev–Trinajstić information content (AvgIpc) is 4.19. The molecule has 0 aliphatic carbocycles. The van der Waals surface area contributed by atoms with Gasteiger partial charge in [-0.2, -0.15) is 0 Å².